The maximum atomic E-state index is 14.6. The fourth-order valence-electron chi connectivity index (χ4n) is 4.72. The third-order valence-electron chi connectivity index (χ3n) is 6.23. The lowest BCUT2D eigenvalue weighted by Gasteiger charge is -2.43. The molecule has 0 aliphatic rings. The molecule has 230 valence electrons. The van der Waals surface area contributed by atoms with Gasteiger partial charge in [0, 0.05) is 18.5 Å². The van der Waals surface area contributed by atoms with Crippen molar-refractivity contribution in [1.82, 2.24) is 15.5 Å². The van der Waals surface area contributed by atoms with E-state index < -0.39 is 47.1 Å². The molecule has 2 atom stereocenters. The zero-order valence-electron chi connectivity index (χ0n) is 26.5. The maximum Gasteiger partial charge on any atom is 0.408 e. The molecule has 0 radical (unpaired) electrons. The molecule has 0 fully saturated rings. The standard InChI is InChI=1S/C33H47N3O6/c1-10-41-27(37)16-17-34-29(38)28(25-19-22(2)18-23(3)20-25)36(32(4,5)6)30(39)26(21-24-14-12-11-13-15-24)35-31(40)42-33(7,8)9/h11-15,18-20,26,28H,10,16-17,21H2,1-9H3,(H,34,38)(H,35,40). The summed E-state index contributed by atoms with van der Waals surface area (Å²) in [6, 6.07) is 13.0. The number of ether oxygens (including phenoxy) is 2. The van der Waals surface area contributed by atoms with Gasteiger partial charge in [0.2, 0.25) is 11.8 Å². The van der Waals surface area contributed by atoms with Crippen LogP contribution >= 0.6 is 0 Å². The van der Waals surface area contributed by atoms with Crippen LogP contribution in [0.25, 0.3) is 0 Å². The number of carbonyl (C=O) groups excluding carboxylic acids is 4. The molecule has 2 aromatic rings. The zero-order valence-corrected chi connectivity index (χ0v) is 26.5. The van der Waals surface area contributed by atoms with E-state index in [4.69, 9.17) is 9.47 Å². The smallest absolute Gasteiger partial charge is 0.408 e. The average Bonchev–Trinajstić information content (AvgIpc) is 2.84. The van der Waals surface area contributed by atoms with Crippen LogP contribution in [0.4, 0.5) is 4.79 Å². The Bertz CT molecular complexity index is 1210. The number of amides is 3. The van der Waals surface area contributed by atoms with Gasteiger partial charge in [0.1, 0.15) is 17.7 Å². The SMILES string of the molecule is CCOC(=O)CCNC(=O)C(c1cc(C)cc(C)c1)N(C(=O)C(Cc1ccccc1)NC(=O)OC(C)(C)C)C(C)(C)C. The van der Waals surface area contributed by atoms with Crippen molar-refractivity contribution in [2.45, 2.75) is 98.4 Å². The minimum Gasteiger partial charge on any atom is -0.466 e. The van der Waals surface area contributed by atoms with E-state index in [-0.39, 0.29) is 26.0 Å². The van der Waals surface area contributed by atoms with Crippen LogP contribution in [-0.4, -0.2) is 59.1 Å². The Morgan fingerprint density at radius 2 is 1.50 bits per heavy atom. The molecule has 2 N–H and O–H groups in total. The second-order valence-corrected chi connectivity index (χ2v) is 12.4. The molecule has 9 nitrogen and oxygen atoms in total. The molecule has 0 spiro atoms. The zero-order chi connectivity index (χ0) is 31.7. The van der Waals surface area contributed by atoms with E-state index in [1.54, 1.807) is 27.7 Å². The molecule has 2 unspecified atom stereocenters. The molecule has 9 heteroatoms. The van der Waals surface area contributed by atoms with Gasteiger partial charge in [-0.2, -0.15) is 0 Å². The number of rotatable bonds is 11. The highest BCUT2D eigenvalue weighted by atomic mass is 16.6. The van der Waals surface area contributed by atoms with Crippen molar-refractivity contribution in [3.05, 3.63) is 70.8 Å². The molecule has 2 aromatic carbocycles. The Kier molecular flexibility index (Phi) is 12.1. The molecule has 0 aromatic heterocycles. The van der Waals surface area contributed by atoms with Crippen molar-refractivity contribution in [2.75, 3.05) is 13.2 Å². The van der Waals surface area contributed by atoms with Gasteiger partial charge in [0.15, 0.2) is 0 Å². The van der Waals surface area contributed by atoms with Gasteiger partial charge in [0.25, 0.3) is 0 Å². The summed E-state index contributed by atoms with van der Waals surface area (Å²) in [6.45, 7) is 16.7. The number of carbonyl (C=O) groups is 4. The monoisotopic (exact) mass is 581 g/mol. The van der Waals surface area contributed by atoms with E-state index in [1.807, 2.05) is 83.1 Å². The highest BCUT2D eigenvalue weighted by Crippen LogP contribution is 2.31. The number of nitrogens with one attached hydrogen (secondary N) is 2. The molecule has 0 heterocycles. The van der Waals surface area contributed by atoms with Crippen LogP contribution < -0.4 is 10.6 Å². The van der Waals surface area contributed by atoms with E-state index in [9.17, 15) is 19.2 Å². The first-order valence-corrected chi connectivity index (χ1v) is 14.4. The molecule has 0 bridgehead atoms. The van der Waals surface area contributed by atoms with Crippen LogP contribution in [0, 0.1) is 13.8 Å². The van der Waals surface area contributed by atoms with Gasteiger partial charge < -0.3 is 25.0 Å². The molecular formula is C33H47N3O6. The molecule has 2 rings (SSSR count). The van der Waals surface area contributed by atoms with Gasteiger partial charge >= 0.3 is 12.1 Å². The third-order valence-corrected chi connectivity index (χ3v) is 6.23. The van der Waals surface area contributed by atoms with E-state index in [1.165, 1.54) is 4.90 Å². The van der Waals surface area contributed by atoms with Crippen molar-refractivity contribution in [3.63, 3.8) is 0 Å². The maximum absolute atomic E-state index is 14.6. The van der Waals surface area contributed by atoms with Gasteiger partial charge in [0.05, 0.1) is 13.0 Å². The topological polar surface area (TPSA) is 114 Å². The van der Waals surface area contributed by atoms with Crippen molar-refractivity contribution in [2.24, 2.45) is 0 Å². The average molecular weight is 582 g/mol. The van der Waals surface area contributed by atoms with Crippen molar-refractivity contribution in [3.8, 4) is 0 Å². The molecule has 0 aliphatic heterocycles. The van der Waals surface area contributed by atoms with Gasteiger partial charge in [-0.15, -0.1) is 0 Å². The Morgan fingerprint density at radius 3 is 2.02 bits per heavy atom. The van der Waals surface area contributed by atoms with Crippen molar-refractivity contribution >= 4 is 23.9 Å². The van der Waals surface area contributed by atoms with Crippen molar-refractivity contribution < 1.29 is 28.7 Å². The number of benzene rings is 2. The lowest BCUT2D eigenvalue weighted by atomic mass is 9.92. The highest BCUT2D eigenvalue weighted by molar-refractivity contribution is 5.93. The summed E-state index contributed by atoms with van der Waals surface area (Å²) in [5, 5.41) is 5.60. The minimum atomic E-state index is -1.04. The first-order chi connectivity index (χ1) is 19.5. The van der Waals surface area contributed by atoms with E-state index in [2.05, 4.69) is 10.6 Å². The van der Waals surface area contributed by atoms with Crippen LogP contribution in [0.5, 0.6) is 0 Å². The first-order valence-electron chi connectivity index (χ1n) is 14.4. The van der Waals surface area contributed by atoms with E-state index >= 15 is 0 Å². The van der Waals surface area contributed by atoms with Crippen LogP contribution in [0.15, 0.2) is 48.5 Å². The predicted molar refractivity (Wildman–Crippen MR) is 163 cm³/mol. The Balaban J connectivity index is 2.58. The van der Waals surface area contributed by atoms with Gasteiger partial charge in [-0.3, -0.25) is 14.4 Å². The lowest BCUT2D eigenvalue weighted by molar-refractivity contribution is -0.149. The summed E-state index contributed by atoms with van der Waals surface area (Å²) in [7, 11) is 0. The quantitative estimate of drug-likeness (QED) is 0.354. The summed E-state index contributed by atoms with van der Waals surface area (Å²) < 4.78 is 10.5. The largest absolute Gasteiger partial charge is 0.466 e. The normalized spacial score (nSPS) is 13.0. The fourth-order valence-corrected chi connectivity index (χ4v) is 4.72. The molecule has 0 saturated carbocycles. The van der Waals surface area contributed by atoms with Gasteiger partial charge in [-0.25, -0.2) is 4.79 Å². The summed E-state index contributed by atoms with van der Waals surface area (Å²) in [5.41, 5.74) is 1.71. The van der Waals surface area contributed by atoms with E-state index in [0.29, 0.717) is 5.56 Å². The summed E-state index contributed by atoms with van der Waals surface area (Å²) in [4.78, 5) is 54.9. The molecular weight excluding hydrogens is 534 g/mol. The second kappa shape index (κ2) is 14.8. The summed E-state index contributed by atoms with van der Waals surface area (Å²) >= 11 is 0. The molecule has 0 saturated heterocycles. The number of nitrogens with zero attached hydrogens (tertiary/aromatic N) is 1. The number of esters is 1. The van der Waals surface area contributed by atoms with Gasteiger partial charge in [-0.05, 0) is 73.4 Å². The lowest BCUT2D eigenvalue weighted by Crippen LogP contribution is -2.59. The van der Waals surface area contributed by atoms with Gasteiger partial charge in [-0.1, -0.05) is 59.7 Å². The fraction of sp³-hybridized carbons (Fsp3) is 0.515. The van der Waals surface area contributed by atoms with Crippen LogP contribution in [0.2, 0.25) is 0 Å². The Hall–Kier alpha value is -3.88. The summed E-state index contributed by atoms with van der Waals surface area (Å²) in [5.74, 6) is -1.31. The molecule has 3 amide bonds. The predicted octanol–water partition coefficient (Wildman–Crippen LogP) is 5.18. The molecule has 42 heavy (non-hydrogen) atoms. The number of aryl methyl sites for hydroxylation is 2. The van der Waals surface area contributed by atoms with Crippen LogP contribution in [0.1, 0.15) is 83.2 Å². The van der Waals surface area contributed by atoms with Crippen LogP contribution in [-0.2, 0) is 30.3 Å². The third kappa shape index (κ3) is 10.8. The number of hydrogen-bond donors (Lipinski definition) is 2. The second-order valence-electron chi connectivity index (χ2n) is 12.4. The highest BCUT2D eigenvalue weighted by Gasteiger charge is 2.42. The minimum absolute atomic E-state index is 0.000554. The summed E-state index contributed by atoms with van der Waals surface area (Å²) in [6.07, 6.45) is -0.540. The van der Waals surface area contributed by atoms with E-state index in [0.717, 1.165) is 16.7 Å². The van der Waals surface area contributed by atoms with Crippen LogP contribution in [0.3, 0.4) is 0 Å². The first kappa shape index (κ1) is 34.3. The van der Waals surface area contributed by atoms with Crippen molar-refractivity contribution in [1.29, 1.82) is 0 Å². The number of alkyl carbamates (subject to hydrolysis) is 1. The number of hydrogen-bond acceptors (Lipinski definition) is 6. The molecule has 0 aliphatic carbocycles. The Labute approximate surface area is 250 Å². The Morgan fingerprint density at radius 1 is 0.905 bits per heavy atom.